The fourth-order valence-corrected chi connectivity index (χ4v) is 2.68. The highest BCUT2D eigenvalue weighted by atomic mass is 35.5. The fourth-order valence-electron chi connectivity index (χ4n) is 2.61. The number of rotatable bonds is 2. The van der Waals surface area contributed by atoms with Gasteiger partial charge in [0.2, 0.25) is 0 Å². The van der Waals surface area contributed by atoms with E-state index >= 15 is 0 Å². The molecule has 20 heavy (non-hydrogen) atoms. The van der Waals surface area contributed by atoms with Gasteiger partial charge in [0.05, 0.1) is 17.5 Å². The van der Waals surface area contributed by atoms with Gasteiger partial charge in [-0.15, -0.1) is 11.6 Å². The highest BCUT2D eigenvalue weighted by Crippen LogP contribution is 2.32. The Morgan fingerprint density at radius 3 is 2.80 bits per heavy atom. The third-order valence-electron chi connectivity index (χ3n) is 4.08. The van der Waals surface area contributed by atoms with Crippen LogP contribution in [0.5, 0.6) is 5.75 Å². The molecule has 0 amide bonds. The average molecular weight is 295 g/mol. The highest BCUT2D eigenvalue weighted by molar-refractivity contribution is 6.19. The maximum absolute atomic E-state index is 13.4. The molecule has 1 aliphatic carbocycles. The molecule has 1 nitrogen and oxygen atoms in total. The van der Waals surface area contributed by atoms with E-state index in [2.05, 4.69) is 25.7 Å². The SMILES string of the molecule is CC1CCC(Oc2cc(F)ccc2C#CCCl)CC1C. The first kappa shape index (κ1) is 15.2. The number of benzene rings is 1. The van der Waals surface area contributed by atoms with E-state index in [1.165, 1.54) is 12.1 Å². The maximum atomic E-state index is 13.4. The zero-order valence-electron chi connectivity index (χ0n) is 12.0. The molecule has 1 aromatic rings. The number of halogens is 2. The first-order valence-corrected chi connectivity index (χ1v) is 7.64. The lowest BCUT2D eigenvalue weighted by Gasteiger charge is -2.32. The van der Waals surface area contributed by atoms with Crippen LogP contribution in [-0.2, 0) is 0 Å². The summed E-state index contributed by atoms with van der Waals surface area (Å²) in [5.41, 5.74) is 0.707. The van der Waals surface area contributed by atoms with Gasteiger partial charge in [0.1, 0.15) is 11.6 Å². The Bertz CT molecular complexity index is 517. The monoisotopic (exact) mass is 294 g/mol. The summed E-state index contributed by atoms with van der Waals surface area (Å²) < 4.78 is 19.4. The van der Waals surface area contributed by atoms with E-state index in [-0.39, 0.29) is 17.8 Å². The fraction of sp³-hybridized carbons (Fsp3) is 0.529. The van der Waals surface area contributed by atoms with Crippen molar-refractivity contribution >= 4 is 11.6 Å². The first-order valence-electron chi connectivity index (χ1n) is 7.11. The molecule has 2 rings (SSSR count). The smallest absolute Gasteiger partial charge is 0.138 e. The van der Waals surface area contributed by atoms with Crippen molar-refractivity contribution in [3.8, 4) is 17.6 Å². The van der Waals surface area contributed by atoms with E-state index in [9.17, 15) is 4.39 Å². The third-order valence-corrected chi connectivity index (χ3v) is 4.21. The molecule has 0 aliphatic heterocycles. The summed E-state index contributed by atoms with van der Waals surface area (Å²) in [6.07, 6.45) is 3.34. The van der Waals surface area contributed by atoms with E-state index in [1.807, 2.05) is 0 Å². The summed E-state index contributed by atoms with van der Waals surface area (Å²) in [5.74, 6) is 7.59. The largest absolute Gasteiger partial charge is 0.489 e. The van der Waals surface area contributed by atoms with Crippen molar-refractivity contribution in [3.05, 3.63) is 29.6 Å². The highest BCUT2D eigenvalue weighted by Gasteiger charge is 2.26. The predicted molar refractivity (Wildman–Crippen MR) is 80.6 cm³/mol. The minimum Gasteiger partial charge on any atom is -0.489 e. The van der Waals surface area contributed by atoms with Gasteiger partial charge in [-0.2, -0.15) is 0 Å². The number of ether oxygens (including phenoxy) is 1. The van der Waals surface area contributed by atoms with Gasteiger partial charge in [-0.05, 0) is 43.2 Å². The van der Waals surface area contributed by atoms with E-state index in [1.54, 1.807) is 6.07 Å². The van der Waals surface area contributed by atoms with Crippen LogP contribution in [0.3, 0.4) is 0 Å². The Hall–Kier alpha value is -1.20. The Kier molecular flexibility index (Phi) is 5.31. The van der Waals surface area contributed by atoms with E-state index in [4.69, 9.17) is 16.3 Å². The molecule has 3 unspecified atom stereocenters. The van der Waals surface area contributed by atoms with E-state index < -0.39 is 0 Å². The van der Waals surface area contributed by atoms with Crippen LogP contribution in [0.4, 0.5) is 4.39 Å². The minimum absolute atomic E-state index is 0.152. The van der Waals surface area contributed by atoms with Gasteiger partial charge in [-0.25, -0.2) is 4.39 Å². The summed E-state index contributed by atoms with van der Waals surface area (Å²) in [6, 6.07) is 4.47. The summed E-state index contributed by atoms with van der Waals surface area (Å²) in [4.78, 5) is 0. The molecule has 0 radical (unpaired) electrons. The van der Waals surface area contributed by atoms with Crippen LogP contribution in [0.1, 0.15) is 38.7 Å². The number of hydrogen-bond acceptors (Lipinski definition) is 1. The van der Waals surface area contributed by atoms with Gasteiger partial charge in [0.15, 0.2) is 0 Å². The quantitative estimate of drug-likeness (QED) is 0.571. The topological polar surface area (TPSA) is 9.23 Å². The van der Waals surface area contributed by atoms with Crippen LogP contribution in [0, 0.1) is 29.5 Å². The standard InChI is InChI=1S/C17H20ClFO/c1-12-5-8-16(10-13(12)2)20-17-11-15(19)7-6-14(17)4-3-9-18/h6-7,11-13,16H,5,8-10H2,1-2H3. The maximum Gasteiger partial charge on any atom is 0.138 e. The number of hydrogen-bond donors (Lipinski definition) is 0. The van der Waals surface area contributed by atoms with Crippen LogP contribution < -0.4 is 4.74 Å². The van der Waals surface area contributed by atoms with Crippen molar-refractivity contribution in [1.29, 1.82) is 0 Å². The second kappa shape index (κ2) is 6.99. The third kappa shape index (κ3) is 3.90. The van der Waals surface area contributed by atoms with Gasteiger partial charge in [-0.3, -0.25) is 0 Å². The molecule has 1 fully saturated rings. The summed E-state index contributed by atoms with van der Waals surface area (Å²) in [7, 11) is 0. The van der Waals surface area contributed by atoms with Crippen LogP contribution in [-0.4, -0.2) is 12.0 Å². The first-order chi connectivity index (χ1) is 9.60. The van der Waals surface area contributed by atoms with Crippen molar-refractivity contribution in [2.24, 2.45) is 11.8 Å². The summed E-state index contributed by atoms with van der Waals surface area (Å²) >= 11 is 5.57. The molecule has 108 valence electrons. The van der Waals surface area contributed by atoms with Crippen molar-refractivity contribution in [3.63, 3.8) is 0 Å². The zero-order chi connectivity index (χ0) is 14.5. The van der Waals surface area contributed by atoms with Crippen molar-refractivity contribution in [2.75, 3.05) is 5.88 Å². The molecule has 3 atom stereocenters. The zero-order valence-corrected chi connectivity index (χ0v) is 12.7. The molecule has 0 heterocycles. The van der Waals surface area contributed by atoms with E-state index in [0.717, 1.165) is 25.2 Å². The lowest BCUT2D eigenvalue weighted by molar-refractivity contribution is 0.100. The molecule has 0 aromatic heterocycles. The Morgan fingerprint density at radius 1 is 1.30 bits per heavy atom. The number of alkyl halides is 1. The van der Waals surface area contributed by atoms with Gasteiger partial charge in [0, 0.05) is 6.07 Å². The Morgan fingerprint density at radius 2 is 2.10 bits per heavy atom. The molecule has 1 aliphatic rings. The molecule has 0 bridgehead atoms. The summed E-state index contributed by atoms with van der Waals surface area (Å²) in [6.45, 7) is 4.53. The molecular weight excluding hydrogens is 275 g/mol. The lowest BCUT2D eigenvalue weighted by Crippen LogP contribution is -2.29. The van der Waals surface area contributed by atoms with Crippen molar-refractivity contribution in [2.45, 2.75) is 39.2 Å². The van der Waals surface area contributed by atoms with Crippen LogP contribution in [0.25, 0.3) is 0 Å². The van der Waals surface area contributed by atoms with E-state index in [0.29, 0.717) is 17.2 Å². The second-order valence-electron chi connectivity index (χ2n) is 5.58. The minimum atomic E-state index is -0.298. The Labute approximate surface area is 125 Å². The molecule has 3 heteroatoms. The van der Waals surface area contributed by atoms with Gasteiger partial charge in [0.25, 0.3) is 0 Å². The van der Waals surface area contributed by atoms with Gasteiger partial charge >= 0.3 is 0 Å². The van der Waals surface area contributed by atoms with Crippen molar-refractivity contribution < 1.29 is 9.13 Å². The molecule has 0 saturated heterocycles. The van der Waals surface area contributed by atoms with Crippen LogP contribution in [0.2, 0.25) is 0 Å². The van der Waals surface area contributed by atoms with Crippen LogP contribution in [0.15, 0.2) is 18.2 Å². The van der Waals surface area contributed by atoms with Gasteiger partial charge < -0.3 is 4.74 Å². The van der Waals surface area contributed by atoms with Crippen LogP contribution >= 0.6 is 11.6 Å². The average Bonchev–Trinajstić information content (AvgIpc) is 2.42. The predicted octanol–water partition coefficient (Wildman–Crippen LogP) is 4.62. The second-order valence-corrected chi connectivity index (χ2v) is 5.85. The molecule has 1 aromatic carbocycles. The lowest BCUT2D eigenvalue weighted by atomic mass is 9.80. The normalized spacial score (nSPS) is 25.7. The molecular formula is C17H20ClFO. The molecule has 1 saturated carbocycles. The summed E-state index contributed by atoms with van der Waals surface area (Å²) in [5, 5.41) is 0. The Balaban J connectivity index is 2.13. The van der Waals surface area contributed by atoms with Crippen molar-refractivity contribution in [1.82, 2.24) is 0 Å². The molecule has 0 N–H and O–H groups in total. The van der Waals surface area contributed by atoms with Gasteiger partial charge in [-0.1, -0.05) is 25.7 Å². The molecule has 0 spiro atoms.